The summed E-state index contributed by atoms with van der Waals surface area (Å²) in [6.45, 7) is 6.09. The Labute approximate surface area is 81.6 Å². The van der Waals surface area contributed by atoms with Crippen LogP contribution in [0.5, 0.6) is 0 Å². The van der Waals surface area contributed by atoms with Gasteiger partial charge in [0.15, 0.2) is 0 Å². The molecule has 0 bridgehead atoms. The fourth-order valence-electron chi connectivity index (χ4n) is 1.07. The van der Waals surface area contributed by atoms with Crippen LogP contribution in [0.2, 0.25) is 0 Å². The summed E-state index contributed by atoms with van der Waals surface area (Å²) in [7, 11) is -3.28. The van der Waals surface area contributed by atoms with E-state index in [0.29, 0.717) is 5.92 Å². The van der Waals surface area contributed by atoms with Crippen LogP contribution in [0.25, 0.3) is 0 Å². The zero-order chi connectivity index (χ0) is 10.5. The van der Waals surface area contributed by atoms with Crippen molar-refractivity contribution in [3.05, 3.63) is 0 Å². The van der Waals surface area contributed by atoms with Gasteiger partial charge in [0.05, 0.1) is 12.4 Å². The van der Waals surface area contributed by atoms with Crippen molar-refractivity contribution >= 4 is 10.1 Å². The van der Waals surface area contributed by atoms with E-state index in [1.54, 1.807) is 6.92 Å². The molecule has 0 heterocycles. The van der Waals surface area contributed by atoms with Crippen molar-refractivity contribution in [2.45, 2.75) is 46.1 Å². The summed E-state index contributed by atoms with van der Waals surface area (Å²) in [5, 5.41) is 0. The molecule has 0 amide bonds. The Hall–Kier alpha value is -0.0900. The third-order valence-corrected chi connectivity index (χ3v) is 2.78. The minimum absolute atomic E-state index is 0.191. The lowest BCUT2D eigenvalue weighted by atomic mass is 10.0. The van der Waals surface area contributed by atoms with Crippen LogP contribution >= 0.6 is 0 Å². The number of rotatable bonds is 6. The minimum atomic E-state index is -3.28. The van der Waals surface area contributed by atoms with Crippen LogP contribution in [0.4, 0.5) is 0 Å². The summed E-state index contributed by atoms with van der Waals surface area (Å²) in [6, 6.07) is 0. The van der Waals surface area contributed by atoms with E-state index in [1.807, 2.05) is 0 Å². The van der Waals surface area contributed by atoms with Gasteiger partial charge in [0.1, 0.15) is 0 Å². The predicted molar refractivity (Wildman–Crippen MR) is 54.1 cm³/mol. The van der Waals surface area contributed by atoms with Gasteiger partial charge < -0.3 is 0 Å². The molecule has 0 aliphatic rings. The van der Waals surface area contributed by atoms with Gasteiger partial charge in [-0.1, -0.05) is 20.3 Å². The topological polar surface area (TPSA) is 43.4 Å². The van der Waals surface area contributed by atoms with E-state index in [-0.39, 0.29) is 6.10 Å². The Bertz CT molecular complexity index is 221. The number of hydrogen-bond acceptors (Lipinski definition) is 3. The molecule has 2 unspecified atom stereocenters. The van der Waals surface area contributed by atoms with E-state index in [9.17, 15) is 8.42 Å². The lowest BCUT2D eigenvalue weighted by molar-refractivity contribution is 0.208. The first kappa shape index (κ1) is 12.9. The van der Waals surface area contributed by atoms with Crippen molar-refractivity contribution in [2.75, 3.05) is 6.26 Å². The molecule has 0 aromatic rings. The van der Waals surface area contributed by atoms with Gasteiger partial charge in [-0.15, -0.1) is 0 Å². The smallest absolute Gasteiger partial charge is 0.264 e. The van der Waals surface area contributed by atoms with Crippen LogP contribution in [-0.2, 0) is 14.3 Å². The second-order valence-corrected chi connectivity index (χ2v) is 5.30. The first-order chi connectivity index (χ1) is 5.85. The average molecular weight is 208 g/mol. The lowest BCUT2D eigenvalue weighted by Gasteiger charge is -2.13. The van der Waals surface area contributed by atoms with E-state index in [4.69, 9.17) is 4.18 Å². The molecule has 80 valence electrons. The summed E-state index contributed by atoms with van der Waals surface area (Å²) in [5.74, 6) is 0.644. The van der Waals surface area contributed by atoms with Crippen LogP contribution in [0.3, 0.4) is 0 Å². The van der Waals surface area contributed by atoms with Gasteiger partial charge in [0.2, 0.25) is 0 Å². The highest BCUT2D eigenvalue weighted by atomic mass is 32.2. The lowest BCUT2D eigenvalue weighted by Crippen LogP contribution is -2.14. The Morgan fingerprint density at radius 2 is 1.77 bits per heavy atom. The molecule has 2 atom stereocenters. The molecular weight excluding hydrogens is 188 g/mol. The van der Waals surface area contributed by atoms with Gasteiger partial charge in [0.25, 0.3) is 10.1 Å². The van der Waals surface area contributed by atoms with Crippen molar-refractivity contribution in [1.29, 1.82) is 0 Å². The SMILES string of the molecule is CCC(C)CCC(C)OS(C)(=O)=O. The largest absolute Gasteiger partial charge is 0.267 e. The van der Waals surface area contributed by atoms with Crippen molar-refractivity contribution in [3.8, 4) is 0 Å². The van der Waals surface area contributed by atoms with Gasteiger partial charge in [-0.25, -0.2) is 0 Å². The molecule has 4 heteroatoms. The second-order valence-electron chi connectivity index (χ2n) is 3.70. The second kappa shape index (κ2) is 5.60. The van der Waals surface area contributed by atoms with E-state index in [1.165, 1.54) is 0 Å². The summed E-state index contributed by atoms with van der Waals surface area (Å²) in [4.78, 5) is 0. The van der Waals surface area contributed by atoms with Gasteiger partial charge >= 0.3 is 0 Å². The van der Waals surface area contributed by atoms with Crippen molar-refractivity contribution in [3.63, 3.8) is 0 Å². The Morgan fingerprint density at radius 1 is 1.23 bits per heavy atom. The normalized spacial score (nSPS) is 16.9. The highest BCUT2D eigenvalue weighted by molar-refractivity contribution is 7.86. The van der Waals surface area contributed by atoms with Crippen molar-refractivity contribution < 1.29 is 12.6 Å². The summed E-state index contributed by atoms with van der Waals surface area (Å²) in [6.07, 6.45) is 3.86. The molecule has 0 saturated heterocycles. The van der Waals surface area contributed by atoms with Crippen molar-refractivity contribution in [2.24, 2.45) is 5.92 Å². The van der Waals surface area contributed by atoms with Crippen LogP contribution in [0.1, 0.15) is 40.0 Å². The van der Waals surface area contributed by atoms with Gasteiger partial charge in [-0.3, -0.25) is 4.18 Å². The summed E-state index contributed by atoms with van der Waals surface area (Å²) in [5.41, 5.74) is 0. The third kappa shape index (κ3) is 8.25. The van der Waals surface area contributed by atoms with E-state index in [2.05, 4.69) is 13.8 Å². The Kier molecular flexibility index (Phi) is 5.56. The van der Waals surface area contributed by atoms with Crippen molar-refractivity contribution in [1.82, 2.24) is 0 Å². The molecule has 0 spiro atoms. The molecule has 0 N–H and O–H groups in total. The number of hydrogen-bond donors (Lipinski definition) is 0. The molecule has 0 rings (SSSR count). The van der Waals surface area contributed by atoms with E-state index in [0.717, 1.165) is 25.5 Å². The monoisotopic (exact) mass is 208 g/mol. The van der Waals surface area contributed by atoms with Gasteiger partial charge in [-0.05, 0) is 25.7 Å². The fourth-order valence-corrected chi connectivity index (χ4v) is 1.76. The highest BCUT2D eigenvalue weighted by Gasteiger charge is 2.11. The van der Waals surface area contributed by atoms with Crippen LogP contribution < -0.4 is 0 Å². The van der Waals surface area contributed by atoms with E-state index < -0.39 is 10.1 Å². The molecule has 0 aromatic carbocycles. The van der Waals surface area contributed by atoms with Crippen LogP contribution in [0.15, 0.2) is 0 Å². The maximum absolute atomic E-state index is 10.7. The minimum Gasteiger partial charge on any atom is -0.267 e. The standard InChI is InChI=1S/C9H20O3S/c1-5-8(2)6-7-9(3)12-13(4,10)11/h8-9H,5-7H2,1-4H3. The van der Waals surface area contributed by atoms with Gasteiger partial charge in [0, 0.05) is 0 Å². The zero-order valence-electron chi connectivity index (χ0n) is 8.91. The summed E-state index contributed by atoms with van der Waals surface area (Å²) < 4.78 is 26.3. The molecule has 3 nitrogen and oxygen atoms in total. The molecule has 0 saturated carbocycles. The average Bonchev–Trinajstić information content (AvgIpc) is 1.97. The summed E-state index contributed by atoms with van der Waals surface area (Å²) >= 11 is 0. The predicted octanol–water partition coefficient (Wildman–Crippen LogP) is 2.18. The maximum Gasteiger partial charge on any atom is 0.264 e. The molecule has 13 heavy (non-hydrogen) atoms. The molecular formula is C9H20O3S. The molecule has 0 radical (unpaired) electrons. The molecule has 0 fully saturated rings. The maximum atomic E-state index is 10.7. The van der Waals surface area contributed by atoms with Crippen LogP contribution in [-0.4, -0.2) is 20.8 Å². The quantitative estimate of drug-likeness (QED) is 0.628. The van der Waals surface area contributed by atoms with Gasteiger partial charge in [-0.2, -0.15) is 8.42 Å². The first-order valence-electron chi connectivity index (χ1n) is 4.73. The third-order valence-electron chi connectivity index (χ3n) is 2.10. The fraction of sp³-hybridized carbons (Fsp3) is 1.00. The Balaban J connectivity index is 3.70. The molecule has 0 aromatic heterocycles. The first-order valence-corrected chi connectivity index (χ1v) is 6.55. The Morgan fingerprint density at radius 3 is 2.15 bits per heavy atom. The van der Waals surface area contributed by atoms with E-state index >= 15 is 0 Å². The zero-order valence-corrected chi connectivity index (χ0v) is 9.73. The highest BCUT2D eigenvalue weighted by Crippen LogP contribution is 2.13. The molecule has 0 aliphatic carbocycles. The molecule has 0 aliphatic heterocycles. The van der Waals surface area contributed by atoms with Crippen LogP contribution in [0, 0.1) is 5.92 Å².